The van der Waals surface area contributed by atoms with Crippen LogP contribution in [0.4, 0.5) is 13.3 Å². The van der Waals surface area contributed by atoms with E-state index in [-0.39, 0.29) is 0 Å². The number of halogens is 4. The fourth-order valence-electron chi connectivity index (χ4n) is 0.155. The minimum atomic E-state index is -5.38. The molecule has 0 spiro atoms. The van der Waals surface area contributed by atoms with Gasteiger partial charge in [0.15, 0.2) is 0 Å². The number of hydrogen-bond donors (Lipinski definition) is 0. The first-order valence-electron chi connectivity index (χ1n) is 1.72. The zero-order chi connectivity index (χ0) is 9.12. The molecule has 0 aromatic heterocycles. The van der Waals surface area contributed by atoms with E-state index in [0.717, 1.165) is 0 Å². The third-order valence-corrected chi connectivity index (χ3v) is 2.49. The first-order chi connectivity index (χ1) is 4.77. The zero-order valence-electron chi connectivity index (χ0n) is 4.41. The van der Waals surface area contributed by atoms with Crippen molar-refractivity contribution in [1.82, 2.24) is 0 Å². The van der Waals surface area contributed by atoms with Crippen LogP contribution in [0.2, 0.25) is 0 Å². The Morgan fingerprint density at radius 3 is 2.00 bits per heavy atom. The van der Waals surface area contributed by atoms with Gasteiger partial charge in [-0.1, -0.05) is 0 Å². The van der Waals surface area contributed by atoms with Crippen molar-refractivity contribution in [2.45, 2.75) is 6.36 Å². The van der Waals surface area contributed by atoms with Crippen molar-refractivity contribution >= 4 is 10.4 Å². The summed E-state index contributed by atoms with van der Waals surface area (Å²) >= 11 is -2.60. The van der Waals surface area contributed by atoms with Crippen LogP contribution < -0.4 is 0 Å². The van der Waals surface area contributed by atoms with Gasteiger partial charge in [-0.2, -0.15) is 0 Å². The van der Waals surface area contributed by atoms with E-state index in [1.165, 1.54) is 0 Å². The van der Waals surface area contributed by atoms with E-state index < -0.39 is 62.5 Å². The molecule has 0 aliphatic rings. The van der Waals surface area contributed by atoms with Crippen molar-refractivity contribution < 1.29 is 71.1 Å². The van der Waals surface area contributed by atoms with Crippen molar-refractivity contribution in [1.29, 1.82) is 0 Å². The van der Waals surface area contributed by atoms with Gasteiger partial charge in [-0.15, -0.1) is 0 Å². The summed E-state index contributed by atoms with van der Waals surface area (Å²) in [6, 6.07) is 0. The Morgan fingerprint density at radius 1 is 1.27 bits per heavy atom. The Labute approximate surface area is 86.7 Å². The standard InChI is InChI=1S/CF4O4SXe/c2-1(3,4)8-10(6,7)9-11-5. The van der Waals surface area contributed by atoms with Crippen LogP contribution in [-0.2, 0) is 14.1 Å². The van der Waals surface area contributed by atoms with Crippen LogP contribution in [-0.4, -0.2) is 14.8 Å². The Bertz CT molecular complexity index is 207. The molecular weight excluding hydrogens is 315 g/mol. The number of alkyl halides is 3. The van der Waals surface area contributed by atoms with E-state index in [9.17, 15) is 21.7 Å². The van der Waals surface area contributed by atoms with Crippen LogP contribution in [0.5, 0.6) is 0 Å². The molecule has 0 atom stereocenters. The summed E-state index contributed by atoms with van der Waals surface area (Å²) in [6.45, 7) is 0. The topological polar surface area (TPSA) is 52.6 Å². The molecule has 0 aliphatic carbocycles. The molecule has 0 saturated carbocycles. The molecule has 10 heteroatoms. The van der Waals surface area contributed by atoms with Crippen molar-refractivity contribution in [3.8, 4) is 0 Å². The first-order valence-corrected chi connectivity index (χ1v) is 4.64. The molecule has 0 saturated heterocycles. The van der Waals surface area contributed by atoms with Gasteiger partial charge in [0.05, 0.1) is 0 Å². The van der Waals surface area contributed by atoms with Gasteiger partial charge in [0, 0.05) is 0 Å². The maximum atomic E-state index is 11.1. The molecule has 70 valence electrons. The van der Waals surface area contributed by atoms with Crippen LogP contribution in [0.15, 0.2) is 0 Å². The molecule has 0 N–H and O–H groups in total. The summed E-state index contributed by atoms with van der Waals surface area (Å²) in [4.78, 5) is 0. The van der Waals surface area contributed by atoms with E-state index in [2.05, 4.69) is 3.69 Å². The molecule has 0 fully saturated rings. The van der Waals surface area contributed by atoms with Gasteiger partial charge in [-0.05, 0) is 0 Å². The van der Waals surface area contributed by atoms with E-state index in [0.29, 0.717) is 0 Å². The Balaban J connectivity index is 4.15. The molecule has 0 aromatic rings. The normalized spacial score (nSPS) is 13.8. The first kappa shape index (κ1) is 12.2. The fraction of sp³-hybridized carbons (Fsp3) is 1.00. The third-order valence-electron chi connectivity index (χ3n) is 0.291. The van der Waals surface area contributed by atoms with Gasteiger partial charge in [-0.3, -0.25) is 0 Å². The second-order valence-corrected chi connectivity index (χ2v) is 3.47. The summed E-state index contributed by atoms with van der Waals surface area (Å²) in [5.74, 6) is 0. The van der Waals surface area contributed by atoms with Gasteiger partial charge < -0.3 is 0 Å². The number of rotatable bonds is 3. The van der Waals surface area contributed by atoms with Gasteiger partial charge in [0.25, 0.3) is 0 Å². The Hall–Kier alpha value is 1.16. The molecule has 0 heterocycles. The van der Waals surface area contributed by atoms with Crippen LogP contribution in [0, 0.1) is 45.8 Å². The monoisotopic (exact) mass is 316 g/mol. The second-order valence-electron chi connectivity index (χ2n) is 1.05. The molecule has 0 amide bonds. The predicted octanol–water partition coefficient (Wildman–Crippen LogP) is 0.669. The van der Waals surface area contributed by atoms with Gasteiger partial charge in [0.2, 0.25) is 0 Å². The number of hydrogen-bond acceptors (Lipinski definition) is 4. The molecule has 4 nitrogen and oxygen atoms in total. The van der Waals surface area contributed by atoms with Crippen LogP contribution in [0.1, 0.15) is 0 Å². The molecule has 0 unspecified atom stereocenters. The summed E-state index contributed by atoms with van der Waals surface area (Å²) in [6.07, 6.45) is -5.38. The van der Waals surface area contributed by atoms with Gasteiger partial charge >= 0.3 is 87.9 Å². The molecule has 0 aliphatic heterocycles. The van der Waals surface area contributed by atoms with E-state index >= 15 is 0 Å². The van der Waals surface area contributed by atoms with E-state index in [4.69, 9.17) is 0 Å². The quantitative estimate of drug-likeness (QED) is 0.718. The molecule has 0 rings (SSSR count). The van der Waals surface area contributed by atoms with Gasteiger partial charge in [-0.25, -0.2) is 0 Å². The maximum absolute atomic E-state index is 11.1. The molecule has 11 heavy (non-hydrogen) atoms. The Morgan fingerprint density at radius 2 is 1.73 bits per heavy atom. The average Bonchev–Trinajstić information content (AvgIpc) is 1.55. The predicted molar refractivity (Wildman–Crippen MR) is 18.3 cm³/mol. The minimum absolute atomic E-state index is 2.40. The van der Waals surface area contributed by atoms with Gasteiger partial charge in [0.1, 0.15) is 0 Å². The van der Waals surface area contributed by atoms with Crippen LogP contribution in [0.3, 0.4) is 0 Å². The van der Waals surface area contributed by atoms with Crippen LogP contribution in [0.25, 0.3) is 0 Å². The molecular formula is CF4O4SXe. The van der Waals surface area contributed by atoms with Crippen molar-refractivity contribution in [2.75, 3.05) is 0 Å². The summed E-state index contributed by atoms with van der Waals surface area (Å²) in [5, 5.41) is 0. The fourth-order valence-corrected chi connectivity index (χ4v) is 1.14. The SMILES string of the molecule is O=S(=O)(O[Xe]F)OC(F)(F)F. The summed E-state index contributed by atoms with van der Waals surface area (Å²) in [5.41, 5.74) is 0. The second kappa shape index (κ2) is 4.41. The molecule has 0 aromatic carbocycles. The van der Waals surface area contributed by atoms with E-state index in [1.54, 1.807) is 0 Å². The van der Waals surface area contributed by atoms with Crippen molar-refractivity contribution in [2.24, 2.45) is 0 Å². The summed E-state index contributed by atoms with van der Waals surface area (Å²) < 4.78 is 69.5. The zero-order valence-corrected chi connectivity index (χ0v) is 7.24. The molecule has 0 radical (unpaired) electrons. The van der Waals surface area contributed by atoms with Crippen molar-refractivity contribution in [3.63, 3.8) is 0 Å². The average molecular weight is 315 g/mol. The van der Waals surface area contributed by atoms with Crippen LogP contribution >= 0.6 is 0 Å². The Kier molecular flexibility index (Phi) is 4.88. The van der Waals surface area contributed by atoms with E-state index in [1.807, 2.05) is 0 Å². The van der Waals surface area contributed by atoms with Crippen molar-refractivity contribution in [3.05, 3.63) is 0 Å². The third kappa shape index (κ3) is 7.52. The molecule has 0 bridgehead atoms. The summed E-state index contributed by atoms with van der Waals surface area (Å²) in [7, 11) is -5.25.